The number of halogens is 5. The number of hydrogen-bond acceptors (Lipinski definition) is 2. The van der Waals surface area contributed by atoms with E-state index in [1.165, 1.54) is 7.11 Å². The minimum Gasteiger partial charge on any atom is -0.497 e. The molecule has 0 radical (unpaired) electrons. The second-order valence-corrected chi connectivity index (χ2v) is 2.86. The van der Waals surface area contributed by atoms with E-state index in [9.17, 15) is 21.7 Å². The molecule has 90 valence electrons. The third-order valence-electron chi connectivity index (χ3n) is 1.79. The molecule has 0 aliphatic rings. The predicted molar refractivity (Wildman–Crippen MR) is 48.3 cm³/mol. The number of methoxy groups -OCH3 is 1. The first-order chi connectivity index (χ1) is 7.34. The fourth-order valence-electron chi connectivity index (χ4n) is 1.11. The minimum atomic E-state index is -5.43. The Hall–Kier alpha value is -1.47. The number of alkyl halides is 2. The van der Waals surface area contributed by atoms with Gasteiger partial charge in [-0.15, -0.1) is 0 Å². The number of ether oxygens (including phenoxy) is 2. The van der Waals surface area contributed by atoms with Crippen LogP contribution in [0.1, 0.15) is 0 Å². The summed E-state index contributed by atoms with van der Waals surface area (Å²) in [6, 6.07) is 2.54. The van der Waals surface area contributed by atoms with Crippen LogP contribution in [0.4, 0.5) is 21.7 Å². The molecule has 2 nitrogen and oxygen atoms in total. The lowest BCUT2D eigenvalue weighted by Crippen LogP contribution is -2.35. The lowest BCUT2D eigenvalue weighted by molar-refractivity contribution is -0.0492. The molecule has 0 amide bonds. The lowest BCUT2D eigenvalue weighted by Gasteiger charge is -2.20. The van der Waals surface area contributed by atoms with Crippen LogP contribution < -0.4 is 14.9 Å². The van der Waals surface area contributed by atoms with Gasteiger partial charge in [0.1, 0.15) is 5.75 Å². The van der Waals surface area contributed by atoms with E-state index in [0.717, 1.165) is 12.1 Å². The molecule has 0 heterocycles. The summed E-state index contributed by atoms with van der Waals surface area (Å²) >= 11 is 0. The minimum absolute atomic E-state index is 0.0733. The summed E-state index contributed by atoms with van der Waals surface area (Å²) in [4.78, 5) is 0. The van der Waals surface area contributed by atoms with Crippen molar-refractivity contribution in [1.29, 1.82) is 0 Å². The topological polar surface area (TPSA) is 18.5 Å². The normalized spacial score (nSPS) is 11.7. The van der Waals surface area contributed by atoms with Crippen molar-refractivity contribution >= 4 is 12.4 Å². The zero-order chi connectivity index (χ0) is 12.3. The summed E-state index contributed by atoms with van der Waals surface area (Å²) < 4.78 is 69.6. The highest BCUT2D eigenvalue weighted by Gasteiger charge is 2.30. The smallest absolute Gasteiger partial charge is 0.497 e. The predicted octanol–water partition coefficient (Wildman–Crippen LogP) is 2.35. The average molecular weight is 241 g/mol. The van der Waals surface area contributed by atoms with Gasteiger partial charge in [0, 0.05) is 0 Å². The fourth-order valence-corrected chi connectivity index (χ4v) is 1.11. The Kier molecular flexibility index (Phi) is 3.61. The first-order valence-electron chi connectivity index (χ1n) is 4.17. The van der Waals surface area contributed by atoms with Crippen LogP contribution in [0, 0.1) is 0 Å². The number of rotatable bonds is 4. The average Bonchev–Trinajstić information content (AvgIpc) is 2.15. The molecule has 0 N–H and O–H groups in total. The maximum absolute atomic E-state index is 12.5. The van der Waals surface area contributed by atoms with Crippen molar-refractivity contribution < 1.29 is 31.2 Å². The molecule has 1 rings (SSSR count). The molecule has 0 aliphatic heterocycles. The summed E-state index contributed by atoms with van der Waals surface area (Å²) in [6.45, 7) is -8.73. The highest BCUT2D eigenvalue weighted by molar-refractivity contribution is 6.74. The summed E-state index contributed by atoms with van der Waals surface area (Å²) in [5.41, 5.74) is -1.24. The zero-order valence-electron chi connectivity index (χ0n) is 8.09. The molecular formula is C8H7BF5O2-. The van der Waals surface area contributed by atoms with Crippen LogP contribution in [0.15, 0.2) is 18.2 Å². The SMILES string of the molecule is COc1ccc(OC(F)F)c([B-](F)(F)F)c1. The van der Waals surface area contributed by atoms with Gasteiger partial charge in [0.25, 0.3) is 0 Å². The third-order valence-corrected chi connectivity index (χ3v) is 1.79. The maximum atomic E-state index is 12.5. The summed E-state index contributed by atoms with van der Waals surface area (Å²) in [7, 11) is 1.18. The van der Waals surface area contributed by atoms with Gasteiger partial charge in [-0.3, -0.25) is 0 Å². The van der Waals surface area contributed by atoms with E-state index >= 15 is 0 Å². The molecule has 0 unspecified atom stereocenters. The van der Waals surface area contributed by atoms with Crippen molar-refractivity contribution in [2.75, 3.05) is 7.11 Å². The quantitative estimate of drug-likeness (QED) is 0.595. The molecule has 8 heteroatoms. The van der Waals surface area contributed by atoms with Crippen molar-refractivity contribution in [2.45, 2.75) is 6.61 Å². The molecule has 0 fully saturated rings. The molecule has 0 aromatic heterocycles. The Bertz CT molecular complexity index is 366. The second kappa shape index (κ2) is 4.59. The first kappa shape index (κ1) is 12.6. The molecule has 0 saturated heterocycles. The maximum Gasteiger partial charge on any atom is 0.513 e. The highest BCUT2D eigenvalue weighted by atomic mass is 19.4. The van der Waals surface area contributed by atoms with Crippen LogP contribution in [-0.2, 0) is 0 Å². The Morgan fingerprint density at radius 3 is 2.25 bits per heavy atom. The number of benzene rings is 1. The summed E-state index contributed by atoms with van der Waals surface area (Å²) in [5.74, 6) is -0.973. The Balaban J connectivity index is 3.17. The van der Waals surface area contributed by atoms with Gasteiger partial charge in [-0.1, -0.05) is 5.46 Å². The molecule has 0 aliphatic carbocycles. The molecule has 1 aromatic carbocycles. The van der Waals surface area contributed by atoms with E-state index in [4.69, 9.17) is 0 Å². The molecule has 0 spiro atoms. The second-order valence-electron chi connectivity index (χ2n) is 2.86. The molecule has 16 heavy (non-hydrogen) atoms. The van der Waals surface area contributed by atoms with Crippen molar-refractivity contribution in [1.82, 2.24) is 0 Å². The summed E-state index contributed by atoms with van der Waals surface area (Å²) in [6.07, 6.45) is 0. The van der Waals surface area contributed by atoms with Gasteiger partial charge >= 0.3 is 13.6 Å². The van der Waals surface area contributed by atoms with Crippen LogP contribution in [0.3, 0.4) is 0 Å². The molecule has 0 atom stereocenters. The van der Waals surface area contributed by atoms with Gasteiger partial charge < -0.3 is 22.4 Å². The van der Waals surface area contributed by atoms with Gasteiger partial charge in [0.05, 0.1) is 12.9 Å². The molecule has 1 aromatic rings. The summed E-state index contributed by atoms with van der Waals surface area (Å²) in [5, 5.41) is 0. The van der Waals surface area contributed by atoms with Gasteiger partial charge in [-0.25, -0.2) is 0 Å². The van der Waals surface area contributed by atoms with Crippen LogP contribution in [0.25, 0.3) is 0 Å². The largest absolute Gasteiger partial charge is 0.513 e. The van der Waals surface area contributed by atoms with Gasteiger partial charge in [-0.05, 0) is 18.2 Å². The number of hydrogen-bond donors (Lipinski definition) is 0. The van der Waals surface area contributed by atoms with Crippen LogP contribution in [-0.4, -0.2) is 20.7 Å². The van der Waals surface area contributed by atoms with Crippen LogP contribution in [0.5, 0.6) is 11.5 Å². The van der Waals surface area contributed by atoms with Gasteiger partial charge in [-0.2, -0.15) is 8.78 Å². The van der Waals surface area contributed by atoms with E-state index in [0.29, 0.717) is 6.07 Å². The zero-order valence-corrected chi connectivity index (χ0v) is 8.09. The first-order valence-corrected chi connectivity index (χ1v) is 4.17. The molecule has 0 saturated carbocycles. The van der Waals surface area contributed by atoms with Crippen LogP contribution in [0.2, 0.25) is 0 Å². The van der Waals surface area contributed by atoms with E-state index in [-0.39, 0.29) is 5.75 Å². The standard InChI is InChI=1S/C8H7BF5O2/c1-15-5-2-3-7(16-8(10)11)6(4-5)9(12,13)14/h2-4,8H,1H3/q-1. The van der Waals surface area contributed by atoms with Crippen molar-refractivity contribution in [3.63, 3.8) is 0 Å². The van der Waals surface area contributed by atoms with E-state index in [1.807, 2.05) is 0 Å². The Morgan fingerprint density at radius 1 is 1.19 bits per heavy atom. The lowest BCUT2D eigenvalue weighted by atomic mass is 9.79. The van der Waals surface area contributed by atoms with Crippen LogP contribution >= 0.6 is 0 Å². The van der Waals surface area contributed by atoms with Crippen molar-refractivity contribution in [2.24, 2.45) is 0 Å². The van der Waals surface area contributed by atoms with Gasteiger partial charge in [0.2, 0.25) is 0 Å². The Labute approximate surface area is 88.0 Å². The molecule has 0 bridgehead atoms. The van der Waals surface area contributed by atoms with E-state index < -0.39 is 24.8 Å². The fraction of sp³-hybridized carbons (Fsp3) is 0.250. The monoisotopic (exact) mass is 241 g/mol. The highest BCUT2D eigenvalue weighted by Crippen LogP contribution is 2.23. The van der Waals surface area contributed by atoms with Crippen molar-refractivity contribution in [3.05, 3.63) is 18.2 Å². The third kappa shape index (κ3) is 3.01. The van der Waals surface area contributed by atoms with E-state index in [1.54, 1.807) is 0 Å². The Morgan fingerprint density at radius 2 is 1.81 bits per heavy atom. The van der Waals surface area contributed by atoms with Crippen molar-refractivity contribution in [3.8, 4) is 11.5 Å². The molecular weight excluding hydrogens is 234 g/mol. The van der Waals surface area contributed by atoms with Gasteiger partial charge in [0.15, 0.2) is 0 Å². The van der Waals surface area contributed by atoms with E-state index in [2.05, 4.69) is 9.47 Å².